The van der Waals surface area contributed by atoms with Gasteiger partial charge in [-0.15, -0.1) is 0 Å². The van der Waals surface area contributed by atoms with Gasteiger partial charge in [-0.25, -0.2) is 0 Å². The summed E-state index contributed by atoms with van der Waals surface area (Å²) in [6.07, 6.45) is 3.39. The zero-order chi connectivity index (χ0) is 27.2. The van der Waals surface area contributed by atoms with Gasteiger partial charge in [-0.1, -0.05) is 61.4 Å². The summed E-state index contributed by atoms with van der Waals surface area (Å²) in [5, 5.41) is 9.37. The van der Waals surface area contributed by atoms with Crippen molar-refractivity contribution in [3.8, 4) is 11.8 Å². The summed E-state index contributed by atoms with van der Waals surface area (Å²) in [6, 6.07) is 24.0. The van der Waals surface area contributed by atoms with Crippen LogP contribution < -0.4 is 16.0 Å². The van der Waals surface area contributed by atoms with Crippen LogP contribution in [-0.4, -0.2) is 35.8 Å². The van der Waals surface area contributed by atoms with Gasteiger partial charge in [0.1, 0.15) is 0 Å². The van der Waals surface area contributed by atoms with E-state index >= 15 is 0 Å². The monoisotopic (exact) mass is 518 g/mol. The SMILES string of the molecule is CC[C@@H](C)NC(=O)C#Cc1ccc2c(c1)NC(=O)/C2=C(\Nc1ccc(CN2CCCC2)cc1)c1ccccc1. The van der Waals surface area contributed by atoms with Crippen molar-refractivity contribution in [2.45, 2.75) is 45.7 Å². The Morgan fingerprint density at radius 2 is 1.77 bits per heavy atom. The summed E-state index contributed by atoms with van der Waals surface area (Å²) in [5.41, 5.74) is 6.58. The molecule has 2 aliphatic rings. The summed E-state index contributed by atoms with van der Waals surface area (Å²) in [5.74, 6) is 5.07. The quantitative estimate of drug-likeness (QED) is 0.286. The number of hydrogen-bond donors (Lipinski definition) is 3. The molecule has 5 rings (SSSR count). The number of likely N-dealkylation sites (tertiary alicyclic amines) is 1. The minimum absolute atomic E-state index is 0.0731. The normalized spacial score (nSPS) is 16.5. The van der Waals surface area contributed by atoms with E-state index in [-0.39, 0.29) is 17.9 Å². The number of benzene rings is 3. The molecule has 2 aliphatic heterocycles. The van der Waals surface area contributed by atoms with Crippen LogP contribution >= 0.6 is 0 Å². The van der Waals surface area contributed by atoms with E-state index in [1.165, 1.54) is 18.4 Å². The molecule has 0 saturated carbocycles. The lowest BCUT2D eigenvalue weighted by molar-refractivity contribution is -0.116. The lowest BCUT2D eigenvalue weighted by Crippen LogP contribution is -2.30. The Kier molecular flexibility index (Phi) is 8.10. The van der Waals surface area contributed by atoms with Crippen LogP contribution in [0.15, 0.2) is 72.8 Å². The molecule has 0 bridgehead atoms. The van der Waals surface area contributed by atoms with E-state index < -0.39 is 0 Å². The highest BCUT2D eigenvalue weighted by molar-refractivity contribution is 6.37. The maximum absolute atomic E-state index is 13.3. The Morgan fingerprint density at radius 1 is 1.03 bits per heavy atom. The molecule has 1 fully saturated rings. The number of carbonyl (C=O) groups excluding carboxylic acids is 2. The number of hydrogen-bond acceptors (Lipinski definition) is 4. The van der Waals surface area contributed by atoms with E-state index in [9.17, 15) is 9.59 Å². The Labute approximate surface area is 230 Å². The number of carbonyl (C=O) groups is 2. The molecule has 2 amide bonds. The molecule has 198 valence electrons. The maximum Gasteiger partial charge on any atom is 0.296 e. The van der Waals surface area contributed by atoms with Gasteiger partial charge in [-0.2, -0.15) is 0 Å². The topological polar surface area (TPSA) is 73.5 Å². The number of nitrogens with zero attached hydrogens (tertiary/aromatic N) is 1. The van der Waals surface area contributed by atoms with Gasteiger partial charge in [-0.3, -0.25) is 14.5 Å². The highest BCUT2D eigenvalue weighted by atomic mass is 16.2. The van der Waals surface area contributed by atoms with Crippen molar-refractivity contribution in [2.24, 2.45) is 0 Å². The minimum Gasteiger partial charge on any atom is -0.354 e. The third-order valence-corrected chi connectivity index (χ3v) is 7.22. The van der Waals surface area contributed by atoms with Crippen LogP contribution in [0.5, 0.6) is 0 Å². The molecule has 3 aromatic rings. The van der Waals surface area contributed by atoms with Gasteiger partial charge in [0.25, 0.3) is 11.8 Å². The minimum atomic E-state index is -0.309. The number of anilines is 2. The van der Waals surface area contributed by atoms with E-state index in [1.807, 2.05) is 62.4 Å². The van der Waals surface area contributed by atoms with Gasteiger partial charge in [0.15, 0.2) is 0 Å². The first-order chi connectivity index (χ1) is 19.0. The summed E-state index contributed by atoms with van der Waals surface area (Å²) in [4.78, 5) is 27.9. The third kappa shape index (κ3) is 6.39. The molecule has 39 heavy (non-hydrogen) atoms. The first-order valence-corrected chi connectivity index (χ1v) is 13.7. The van der Waals surface area contributed by atoms with Crippen molar-refractivity contribution in [1.82, 2.24) is 10.2 Å². The molecule has 1 saturated heterocycles. The first kappa shape index (κ1) is 26.3. The van der Waals surface area contributed by atoms with Crippen LogP contribution in [0.4, 0.5) is 11.4 Å². The van der Waals surface area contributed by atoms with Crippen LogP contribution in [0.1, 0.15) is 55.4 Å². The average Bonchev–Trinajstić information content (AvgIpc) is 3.58. The molecule has 0 aromatic heterocycles. The van der Waals surface area contributed by atoms with Crippen LogP contribution in [0.2, 0.25) is 0 Å². The zero-order valence-corrected chi connectivity index (χ0v) is 22.5. The third-order valence-electron chi connectivity index (χ3n) is 7.22. The van der Waals surface area contributed by atoms with E-state index in [0.717, 1.165) is 48.6 Å². The number of amides is 2. The fourth-order valence-corrected chi connectivity index (χ4v) is 4.91. The largest absolute Gasteiger partial charge is 0.354 e. The van der Waals surface area contributed by atoms with E-state index in [0.29, 0.717) is 16.8 Å². The zero-order valence-electron chi connectivity index (χ0n) is 22.5. The van der Waals surface area contributed by atoms with E-state index in [1.54, 1.807) is 0 Å². The highest BCUT2D eigenvalue weighted by Gasteiger charge is 2.28. The molecule has 2 heterocycles. The van der Waals surface area contributed by atoms with Crippen molar-refractivity contribution in [2.75, 3.05) is 23.7 Å². The van der Waals surface area contributed by atoms with Crippen molar-refractivity contribution in [3.63, 3.8) is 0 Å². The lowest BCUT2D eigenvalue weighted by Gasteiger charge is -2.17. The number of rotatable bonds is 7. The molecular weight excluding hydrogens is 484 g/mol. The molecule has 1 atom stereocenters. The number of fused-ring (bicyclic) bond motifs is 1. The smallest absolute Gasteiger partial charge is 0.296 e. The van der Waals surface area contributed by atoms with Crippen LogP contribution in [0.3, 0.4) is 0 Å². The average molecular weight is 519 g/mol. The predicted octanol–water partition coefficient (Wildman–Crippen LogP) is 5.48. The number of nitrogens with one attached hydrogen (secondary N) is 3. The van der Waals surface area contributed by atoms with Crippen molar-refractivity contribution < 1.29 is 9.59 Å². The Bertz CT molecular complexity index is 1440. The summed E-state index contributed by atoms with van der Waals surface area (Å²) >= 11 is 0. The van der Waals surface area contributed by atoms with Gasteiger partial charge in [0.05, 0.1) is 17.0 Å². The molecular formula is C33H34N4O2. The molecule has 0 unspecified atom stereocenters. The lowest BCUT2D eigenvalue weighted by atomic mass is 9.99. The molecule has 3 aromatic carbocycles. The first-order valence-electron chi connectivity index (χ1n) is 13.7. The molecule has 3 N–H and O–H groups in total. The Hall–Kier alpha value is -4.34. The van der Waals surface area contributed by atoms with Crippen LogP contribution in [0.25, 0.3) is 11.3 Å². The molecule has 0 aliphatic carbocycles. The molecule has 6 heteroatoms. The van der Waals surface area contributed by atoms with E-state index in [4.69, 9.17) is 0 Å². The van der Waals surface area contributed by atoms with E-state index in [2.05, 4.69) is 57.0 Å². The molecule has 6 nitrogen and oxygen atoms in total. The molecule has 0 radical (unpaired) electrons. The Morgan fingerprint density at radius 3 is 2.49 bits per heavy atom. The highest BCUT2D eigenvalue weighted by Crippen LogP contribution is 2.38. The van der Waals surface area contributed by atoms with Crippen LogP contribution in [-0.2, 0) is 16.1 Å². The van der Waals surface area contributed by atoms with Crippen molar-refractivity contribution >= 4 is 34.5 Å². The van der Waals surface area contributed by atoms with Gasteiger partial charge in [-0.05, 0) is 74.7 Å². The second-order valence-electron chi connectivity index (χ2n) is 10.2. The standard InChI is InChI=1S/C33H34N4O2/c1-3-23(2)34-30(38)18-14-24-13-17-28-29(21-24)36-33(39)31(28)32(26-9-5-4-6-10-26)35-27-15-11-25(12-16-27)22-37-19-7-8-20-37/h4-6,9-13,15-17,21,23,35H,3,7-8,19-20,22H2,1-2H3,(H,34,38)(H,36,39)/b32-31-/t23-/m1/s1. The van der Waals surface area contributed by atoms with Gasteiger partial charge < -0.3 is 16.0 Å². The van der Waals surface area contributed by atoms with Crippen molar-refractivity contribution in [1.29, 1.82) is 0 Å². The van der Waals surface area contributed by atoms with Crippen LogP contribution in [0, 0.1) is 11.8 Å². The predicted molar refractivity (Wildman–Crippen MR) is 158 cm³/mol. The van der Waals surface area contributed by atoms with Gasteiger partial charge in [0, 0.05) is 35.3 Å². The summed E-state index contributed by atoms with van der Waals surface area (Å²) in [6.45, 7) is 7.25. The fourth-order valence-electron chi connectivity index (χ4n) is 4.91. The van der Waals surface area contributed by atoms with Crippen molar-refractivity contribution in [3.05, 3.63) is 95.1 Å². The maximum atomic E-state index is 13.3. The fraction of sp³-hybridized carbons (Fsp3) is 0.273. The second kappa shape index (κ2) is 12.0. The summed E-state index contributed by atoms with van der Waals surface area (Å²) < 4.78 is 0. The summed E-state index contributed by atoms with van der Waals surface area (Å²) in [7, 11) is 0. The van der Waals surface area contributed by atoms with Gasteiger partial charge >= 0.3 is 0 Å². The Balaban J connectivity index is 1.43. The second-order valence-corrected chi connectivity index (χ2v) is 10.2. The molecule has 0 spiro atoms. The van der Waals surface area contributed by atoms with Gasteiger partial charge in [0.2, 0.25) is 0 Å².